The van der Waals surface area contributed by atoms with E-state index in [1.807, 2.05) is 0 Å². The highest BCUT2D eigenvalue weighted by atomic mass is 32.2. The van der Waals surface area contributed by atoms with E-state index in [-0.39, 0.29) is 39.5 Å². The number of amides is 1. The van der Waals surface area contributed by atoms with E-state index in [1.54, 1.807) is 0 Å². The molecule has 1 heterocycles. The molecule has 0 radical (unpaired) electrons. The van der Waals surface area contributed by atoms with Crippen molar-refractivity contribution in [3.05, 3.63) is 57.8 Å². The number of halogens is 2. The molecule has 0 bridgehead atoms. The lowest BCUT2D eigenvalue weighted by atomic mass is 9.91. The van der Waals surface area contributed by atoms with Crippen molar-refractivity contribution >= 4 is 37.7 Å². The van der Waals surface area contributed by atoms with Crippen molar-refractivity contribution in [1.29, 1.82) is 0 Å². The summed E-state index contributed by atoms with van der Waals surface area (Å²) >= 11 is 0. The number of nitrogens with one attached hydrogen (secondary N) is 3. The van der Waals surface area contributed by atoms with Crippen LogP contribution in [0.5, 0.6) is 0 Å². The Kier molecular flexibility index (Phi) is 5.52. The minimum atomic E-state index is -3.31. The first-order chi connectivity index (χ1) is 14.6. The lowest BCUT2D eigenvalue weighted by Gasteiger charge is -2.29. The van der Waals surface area contributed by atoms with Gasteiger partial charge in [-0.1, -0.05) is 6.07 Å². The number of fused-ring (bicyclic) bond motifs is 2. The van der Waals surface area contributed by atoms with Crippen LogP contribution in [0.3, 0.4) is 0 Å². The average molecular weight is 449 g/mol. The van der Waals surface area contributed by atoms with E-state index in [2.05, 4.69) is 15.0 Å². The molecule has 1 aliphatic carbocycles. The lowest BCUT2D eigenvalue weighted by Crippen LogP contribution is -2.43. The Morgan fingerprint density at radius 2 is 1.71 bits per heavy atom. The molecule has 0 atom stereocenters. The van der Waals surface area contributed by atoms with E-state index >= 15 is 0 Å². The fraction of sp³-hybridized carbons (Fsp3) is 0.333. The summed E-state index contributed by atoms with van der Waals surface area (Å²) in [6.45, 7) is 0. The Labute approximate surface area is 176 Å². The van der Waals surface area contributed by atoms with E-state index in [9.17, 15) is 26.8 Å². The zero-order valence-corrected chi connectivity index (χ0v) is 17.5. The minimum absolute atomic E-state index is 0.0377. The number of carbonyl (C=O) groups excluding carboxylic acids is 1. The SMILES string of the molecule is CS(=O)(=O)NC1CCC(NC(=O)c2cc(F)cc3c(=O)c4cccc(F)c4[nH]c23)CC1. The number of aromatic nitrogens is 1. The van der Waals surface area contributed by atoms with E-state index in [0.717, 1.165) is 18.4 Å². The van der Waals surface area contributed by atoms with Gasteiger partial charge in [0.25, 0.3) is 5.91 Å². The maximum atomic E-state index is 14.2. The fourth-order valence-corrected chi connectivity index (χ4v) is 4.97. The number of pyridine rings is 1. The molecule has 7 nitrogen and oxygen atoms in total. The molecule has 0 saturated heterocycles. The number of hydrogen-bond acceptors (Lipinski definition) is 4. The van der Waals surface area contributed by atoms with Crippen LogP contribution in [0, 0.1) is 11.6 Å². The Hall–Kier alpha value is -2.85. The second-order valence-corrected chi connectivity index (χ2v) is 9.68. The van der Waals surface area contributed by atoms with Crippen LogP contribution in [0.25, 0.3) is 21.8 Å². The van der Waals surface area contributed by atoms with Gasteiger partial charge >= 0.3 is 0 Å². The number of H-pyrrole nitrogens is 1. The Balaban J connectivity index is 1.64. The Bertz CT molecular complexity index is 1350. The predicted molar refractivity (Wildman–Crippen MR) is 113 cm³/mol. The highest BCUT2D eigenvalue weighted by Crippen LogP contribution is 2.23. The monoisotopic (exact) mass is 449 g/mol. The van der Waals surface area contributed by atoms with Crippen molar-refractivity contribution in [3.8, 4) is 0 Å². The van der Waals surface area contributed by atoms with E-state index in [1.165, 1.54) is 18.2 Å². The van der Waals surface area contributed by atoms with Crippen molar-refractivity contribution in [2.45, 2.75) is 37.8 Å². The lowest BCUT2D eigenvalue weighted by molar-refractivity contribution is 0.0926. The van der Waals surface area contributed by atoms with Crippen LogP contribution in [0.1, 0.15) is 36.0 Å². The first kappa shape index (κ1) is 21.4. The third-order valence-corrected chi connectivity index (χ3v) is 6.31. The van der Waals surface area contributed by atoms with Crippen molar-refractivity contribution < 1.29 is 22.0 Å². The Morgan fingerprint density at radius 3 is 2.39 bits per heavy atom. The molecule has 164 valence electrons. The molecule has 10 heteroatoms. The summed E-state index contributed by atoms with van der Waals surface area (Å²) in [6.07, 6.45) is 3.28. The zero-order chi connectivity index (χ0) is 22.3. The minimum Gasteiger partial charge on any atom is -0.351 e. The van der Waals surface area contributed by atoms with Gasteiger partial charge in [0.1, 0.15) is 11.6 Å². The van der Waals surface area contributed by atoms with Crippen molar-refractivity contribution in [2.75, 3.05) is 6.26 Å². The average Bonchev–Trinajstić information content (AvgIpc) is 2.69. The molecule has 0 unspecified atom stereocenters. The van der Waals surface area contributed by atoms with E-state index in [0.29, 0.717) is 25.7 Å². The number of para-hydroxylation sites is 1. The number of benzene rings is 2. The number of rotatable bonds is 4. The summed E-state index contributed by atoms with van der Waals surface area (Å²) in [6, 6.07) is 5.63. The van der Waals surface area contributed by atoms with Crippen molar-refractivity contribution in [1.82, 2.24) is 15.0 Å². The van der Waals surface area contributed by atoms with Gasteiger partial charge in [-0.25, -0.2) is 21.9 Å². The van der Waals surface area contributed by atoms with Gasteiger partial charge in [0.2, 0.25) is 10.0 Å². The van der Waals surface area contributed by atoms with Gasteiger partial charge in [-0.05, 0) is 49.9 Å². The molecule has 2 aromatic carbocycles. The van der Waals surface area contributed by atoms with Gasteiger partial charge in [-0.2, -0.15) is 0 Å². The van der Waals surface area contributed by atoms with Crippen LogP contribution in [0.4, 0.5) is 8.78 Å². The van der Waals surface area contributed by atoms with Crippen LogP contribution < -0.4 is 15.5 Å². The fourth-order valence-electron chi connectivity index (χ4n) is 4.13. The predicted octanol–water partition coefficient (Wildman–Crippen LogP) is 2.55. The highest BCUT2D eigenvalue weighted by molar-refractivity contribution is 7.88. The maximum absolute atomic E-state index is 14.2. The molecule has 1 aromatic heterocycles. The second-order valence-electron chi connectivity index (χ2n) is 7.90. The molecule has 1 amide bonds. The molecule has 1 saturated carbocycles. The van der Waals surface area contributed by atoms with Gasteiger partial charge in [0, 0.05) is 22.9 Å². The van der Waals surface area contributed by atoms with Crippen molar-refractivity contribution in [2.24, 2.45) is 0 Å². The summed E-state index contributed by atoms with van der Waals surface area (Å²) < 4.78 is 53.8. The molecular formula is C21H21F2N3O4S. The van der Waals surface area contributed by atoms with Crippen LogP contribution in [0.2, 0.25) is 0 Å². The number of sulfonamides is 1. The summed E-state index contributed by atoms with van der Waals surface area (Å²) in [5.41, 5.74) is -0.639. The quantitative estimate of drug-likeness (QED) is 0.532. The Morgan fingerprint density at radius 1 is 1.03 bits per heavy atom. The highest BCUT2D eigenvalue weighted by Gasteiger charge is 2.26. The molecule has 31 heavy (non-hydrogen) atoms. The van der Waals surface area contributed by atoms with Crippen LogP contribution in [0.15, 0.2) is 35.1 Å². The smallest absolute Gasteiger partial charge is 0.253 e. The molecule has 0 aliphatic heterocycles. The third kappa shape index (κ3) is 4.45. The molecule has 3 aromatic rings. The second kappa shape index (κ2) is 8.01. The standard InChI is InChI=1S/C21H21F2N3O4S/c1-31(29,30)26-13-7-5-12(6-8-13)24-21(28)16-10-11(22)9-15-18(16)25-19-14(20(15)27)3-2-4-17(19)23/h2-4,9-10,12-13,26H,5-8H2,1H3,(H,24,28)(H,25,27). The topological polar surface area (TPSA) is 108 Å². The largest absolute Gasteiger partial charge is 0.351 e. The van der Waals surface area contributed by atoms with E-state index in [4.69, 9.17) is 0 Å². The number of hydrogen-bond donors (Lipinski definition) is 3. The third-order valence-electron chi connectivity index (χ3n) is 5.54. The first-order valence-electron chi connectivity index (χ1n) is 9.84. The summed E-state index contributed by atoms with van der Waals surface area (Å²) in [4.78, 5) is 28.5. The first-order valence-corrected chi connectivity index (χ1v) is 11.7. The van der Waals surface area contributed by atoms with Gasteiger partial charge in [0.05, 0.1) is 22.9 Å². The zero-order valence-electron chi connectivity index (χ0n) is 16.7. The summed E-state index contributed by atoms with van der Waals surface area (Å²) in [5, 5.41) is 2.85. The summed E-state index contributed by atoms with van der Waals surface area (Å²) in [5.74, 6) is -1.99. The van der Waals surface area contributed by atoms with Crippen LogP contribution in [-0.4, -0.2) is 37.6 Å². The van der Waals surface area contributed by atoms with E-state index < -0.39 is 33.0 Å². The van der Waals surface area contributed by atoms with Crippen LogP contribution in [-0.2, 0) is 10.0 Å². The summed E-state index contributed by atoms with van der Waals surface area (Å²) in [7, 11) is -3.31. The van der Waals surface area contributed by atoms with Crippen molar-refractivity contribution in [3.63, 3.8) is 0 Å². The number of carbonyl (C=O) groups is 1. The van der Waals surface area contributed by atoms with Crippen LogP contribution >= 0.6 is 0 Å². The van der Waals surface area contributed by atoms with Gasteiger partial charge in [-0.15, -0.1) is 0 Å². The molecule has 1 fully saturated rings. The molecule has 1 aliphatic rings. The number of aromatic amines is 1. The normalized spacial score (nSPS) is 19.6. The molecular weight excluding hydrogens is 428 g/mol. The maximum Gasteiger partial charge on any atom is 0.253 e. The van der Waals surface area contributed by atoms with Gasteiger partial charge in [-0.3, -0.25) is 9.59 Å². The molecule has 3 N–H and O–H groups in total. The van der Waals surface area contributed by atoms with Gasteiger partial charge in [0.15, 0.2) is 5.43 Å². The molecule has 0 spiro atoms. The molecule has 4 rings (SSSR count). The van der Waals surface area contributed by atoms with Gasteiger partial charge < -0.3 is 10.3 Å².